The summed E-state index contributed by atoms with van der Waals surface area (Å²) in [7, 11) is 1.52. The van der Waals surface area contributed by atoms with Gasteiger partial charge in [-0.3, -0.25) is 14.9 Å². The molecular weight excluding hydrogens is 384 g/mol. The number of benzene rings is 2. The Morgan fingerprint density at radius 2 is 1.77 bits per heavy atom. The van der Waals surface area contributed by atoms with Crippen LogP contribution in [-0.2, 0) is 9.59 Å². The maximum absolute atomic E-state index is 13.0. The predicted octanol–water partition coefficient (Wildman–Crippen LogP) is 3.85. The fourth-order valence-corrected chi connectivity index (χ4v) is 2.92. The average molecular weight is 408 g/mol. The Kier molecular flexibility index (Phi) is 6.20. The number of anilines is 1. The molecule has 2 aromatic carbocycles. The second kappa shape index (κ2) is 8.82. The second-order valence-electron chi connectivity index (χ2n) is 7.04. The van der Waals surface area contributed by atoms with Gasteiger partial charge in [-0.05, 0) is 56.2 Å². The van der Waals surface area contributed by atoms with E-state index in [0.717, 1.165) is 16.9 Å². The minimum absolute atomic E-state index is 0.0166. The van der Waals surface area contributed by atoms with Crippen LogP contribution in [0.5, 0.6) is 11.5 Å². The molecule has 4 amide bonds. The molecule has 0 saturated carbocycles. The number of aryl methyl sites for hydroxylation is 1. The molecule has 1 heterocycles. The van der Waals surface area contributed by atoms with Gasteiger partial charge in [0.2, 0.25) is 0 Å². The van der Waals surface area contributed by atoms with Crippen molar-refractivity contribution in [1.82, 2.24) is 5.32 Å². The smallest absolute Gasteiger partial charge is 0.335 e. The average Bonchev–Trinajstić information content (AvgIpc) is 2.73. The van der Waals surface area contributed by atoms with Crippen LogP contribution < -0.4 is 19.7 Å². The largest absolute Gasteiger partial charge is 0.493 e. The third-order valence-corrected chi connectivity index (χ3v) is 4.80. The highest BCUT2D eigenvalue weighted by molar-refractivity contribution is 6.39. The Morgan fingerprint density at radius 1 is 1.07 bits per heavy atom. The molecule has 1 fully saturated rings. The molecule has 1 saturated heterocycles. The summed E-state index contributed by atoms with van der Waals surface area (Å²) < 4.78 is 11.2. The predicted molar refractivity (Wildman–Crippen MR) is 114 cm³/mol. The number of carbonyl (C=O) groups excluding carboxylic acids is 3. The van der Waals surface area contributed by atoms with Crippen LogP contribution in [0.2, 0.25) is 0 Å². The molecular formula is C23H24N2O5. The first-order valence-electron chi connectivity index (χ1n) is 9.66. The summed E-state index contributed by atoms with van der Waals surface area (Å²) in [6, 6.07) is 11.2. The fourth-order valence-electron chi connectivity index (χ4n) is 2.92. The Hall–Kier alpha value is -3.61. The van der Waals surface area contributed by atoms with E-state index < -0.39 is 17.8 Å². The summed E-state index contributed by atoms with van der Waals surface area (Å²) in [6.45, 7) is 5.88. The number of rotatable bonds is 6. The first-order chi connectivity index (χ1) is 14.3. The molecule has 2 aromatic rings. The molecule has 1 N–H and O–H groups in total. The van der Waals surface area contributed by atoms with Gasteiger partial charge in [0.05, 0.1) is 18.9 Å². The molecule has 1 aliphatic rings. The van der Waals surface area contributed by atoms with Crippen molar-refractivity contribution in [3.63, 3.8) is 0 Å². The van der Waals surface area contributed by atoms with Crippen molar-refractivity contribution in [2.75, 3.05) is 12.0 Å². The number of nitrogens with zero attached hydrogens (tertiary/aromatic N) is 1. The van der Waals surface area contributed by atoms with E-state index in [-0.39, 0.29) is 11.7 Å². The van der Waals surface area contributed by atoms with Crippen molar-refractivity contribution < 1.29 is 23.9 Å². The van der Waals surface area contributed by atoms with Gasteiger partial charge in [-0.2, -0.15) is 0 Å². The van der Waals surface area contributed by atoms with Crippen molar-refractivity contribution >= 4 is 29.6 Å². The molecule has 3 rings (SSSR count). The highest BCUT2D eigenvalue weighted by Crippen LogP contribution is 2.31. The van der Waals surface area contributed by atoms with Crippen LogP contribution in [-0.4, -0.2) is 31.1 Å². The summed E-state index contributed by atoms with van der Waals surface area (Å²) >= 11 is 0. The van der Waals surface area contributed by atoms with E-state index >= 15 is 0 Å². The molecule has 0 bridgehead atoms. The summed E-state index contributed by atoms with van der Waals surface area (Å²) in [5.41, 5.74) is 1.80. The lowest BCUT2D eigenvalue weighted by molar-refractivity contribution is -0.122. The summed E-state index contributed by atoms with van der Waals surface area (Å²) in [5, 5.41) is 2.22. The Labute approximate surface area is 175 Å². The molecule has 30 heavy (non-hydrogen) atoms. The van der Waals surface area contributed by atoms with Gasteiger partial charge >= 0.3 is 6.03 Å². The van der Waals surface area contributed by atoms with Crippen LogP contribution in [0.4, 0.5) is 10.5 Å². The van der Waals surface area contributed by atoms with Gasteiger partial charge in [0.1, 0.15) is 5.57 Å². The van der Waals surface area contributed by atoms with Gasteiger partial charge in [0.25, 0.3) is 11.8 Å². The zero-order valence-corrected chi connectivity index (χ0v) is 17.4. The molecule has 0 aliphatic carbocycles. The SMILES string of the molecule is CC[C@@H](C)Oc1ccc(/C=C2/C(=O)NC(=O)N(c3ccc(C)cc3)C2=O)cc1OC. The van der Waals surface area contributed by atoms with E-state index in [9.17, 15) is 14.4 Å². The maximum atomic E-state index is 13.0. The number of carbonyl (C=O) groups is 3. The third-order valence-electron chi connectivity index (χ3n) is 4.80. The quantitative estimate of drug-likeness (QED) is 0.580. The van der Waals surface area contributed by atoms with Crippen LogP contribution in [0.1, 0.15) is 31.4 Å². The molecule has 0 radical (unpaired) electrons. The summed E-state index contributed by atoms with van der Waals surface area (Å²) in [6.07, 6.45) is 2.29. The van der Waals surface area contributed by atoms with Gasteiger partial charge in [0.15, 0.2) is 11.5 Å². The molecule has 156 valence electrons. The Balaban J connectivity index is 1.95. The standard InChI is InChI=1S/C23H24N2O5/c1-5-15(3)30-19-11-8-16(13-20(19)29-4)12-18-21(26)24-23(28)25(22(18)27)17-9-6-14(2)7-10-17/h6-13,15H,5H2,1-4H3,(H,24,26,28)/b18-12-/t15-/m1/s1. The number of ether oxygens (including phenoxy) is 2. The van der Waals surface area contributed by atoms with Gasteiger partial charge in [0, 0.05) is 0 Å². The fraction of sp³-hybridized carbons (Fsp3) is 0.261. The van der Waals surface area contributed by atoms with Crippen molar-refractivity contribution in [2.45, 2.75) is 33.3 Å². The molecule has 0 unspecified atom stereocenters. The number of hydrogen-bond donors (Lipinski definition) is 1. The number of urea groups is 1. The lowest BCUT2D eigenvalue weighted by Crippen LogP contribution is -2.54. The van der Waals surface area contributed by atoms with Crippen LogP contribution in [0.25, 0.3) is 6.08 Å². The zero-order valence-electron chi connectivity index (χ0n) is 17.4. The van der Waals surface area contributed by atoms with Crippen molar-refractivity contribution in [3.8, 4) is 11.5 Å². The van der Waals surface area contributed by atoms with Crippen molar-refractivity contribution in [1.29, 1.82) is 0 Å². The van der Waals surface area contributed by atoms with E-state index in [4.69, 9.17) is 9.47 Å². The van der Waals surface area contributed by atoms with E-state index in [1.165, 1.54) is 13.2 Å². The number of nitrogens with one attached hydrogen (secondary N) is 1. The first kappa shape index (κ1) is 21.1. The first-order valence-corrected chi connectivity index (χ1v) is 9.66. The van der Waals surface area contributed by atoms with Gasteiger partial charge in [-0.15, -0.1) is 0 Å². The normalized spacial score (nSPS) is 16.5. The minimum atomic E-state index is -0.777. The minimum Gasteiger partial charge on any atom is -0.493 e. The van der Waals surface area contributed by atoms with Crippen LogP contribution in [0.15, 0.2) is 48.0 Å². The monoisotopic (exact) mass is 408 g/mol. The lowest BCUT2D eigenvalue weighted by Gasteiger charge is -2.26. The number of hydrogen-bond acceptors (Lipinski definition) is 5. The van der Waals surface area contributed by atoms with E-state index in [1.54, 1.807) is 42.5 Å². The number of barbiturate groups is 1. The van der Waals surface area contributed by atoms with Crippen LogP contribution >= 0.6 is 0 Å². The number of imide groups is 2. The van der Waals surface area contributed by atoms with Gasteiger partial charge < -0.3 is 9.47 Å². The van der Waals surface area contributed by atoms with Gasteiger partial charge in [-0.25, -0.2) is 9.69 Å². The van der Waals surface area contributed by atoms with E-state index in [1.807, 2.05) is 20.8 Å². The maximum Gasteiger partial charge on any atom is 0.335 e. The topological polar surface area (TPSA) is 84.9 Å². The lowest BCUT2D eigenvalue weighted by atomic mass is 10.1. The molecule has 7 heteroatoms. The number of methoxy groups -OCH3 is 1. The number of amides is 4. The molecule has 1 aliphatic heterocycles. The third kappa shape index (κ3) is 4.35. The molecule has 0 spiro atoms. The Bertz CT molecular complexity index is 1010. The second-order valence-corrected chi connectivity index (χ2v) is 7.04. The Morgan fingerprint density at radius 3 is 2.40 bits per heavy atom. The van der Waals surface area contributed by atoms with Crippen molar-refractivity contribution in [3.05, 3.63) is 59.2 Å². The molecule has 1 atom stereocenters. The molecule has 7 nitrogen and oxygen atoms in total. The van der Waals surface area contributed by atoms with E-state index in [0.29, 0.717) is 22.7 Å². The van der Waals surface area contributed by atoms with Gasteiger partial charge in [-0.1, -0.05) is 30.7 Å². The summed E-state index contributed by atoms with van der Waals surface area (Å²) in [4.78, 5) is 38.5. The summed E-state index contributed by atoms with van der Waals surface area (Å²) in [5.74, 6) is -0.372. The zero-order chi connectivity index (χ0) is 21.8. The molecule has 0 aromatic heterocycles. The van der Waals surface area contributed by atoms with Crippen LogP contribution in [0, 0.1) is 6.92 Å². The van der Waals surface area contributed by atoms with Crippen molar-refractivity contribution in [2.24, 2.45) is 0 Å². The van der Waals surface area contributed by atoms with E-state index in [2.05, 4.69) is 5.32 Å². The highest BCUT2D eigenvalue weighted by atomic mass is 16.5. The van der Waals surface area contributed by atoms with Crippen LogP contribution in [0.3, 0.4) is 0 Å². The highest BCUT2D eigenvalue weighted by Gasteiger charge is 2.36.